The Morgan fingerprint density at radius 1 is 1.56 bits per heavy atom. The van der Waals surface area contributed by atoms with Crippen LogP contribution in [0.5, 0.6) is 5.75 Å². The molecule has 0 aliphatic carbocycles. The molecule has 16 heavy (non-hydrogen) atoms. The molecule has 1 amide bonds. The summed E-state index contributed by atoms with van der Waals surface area (Å²) in [7, 11) is 0. The SMILES string of the molecule is NC(=O)c1cccc(OCC2=NCCN2)c1. The summed E-state index contributed by atoms with van der Waals surface area (Å²) in [5, 5.41) is 3.10. The third-order valence-corrected chi connectivity index (χ3v) is 2.24. The van der Waals surface area contributed by atoms with E-state index < -0.39 is 5.91 Å². The van der Waals surface area contributed by atoms with Crippen molar-refractivity contribution in [3.63, 3.8) is 0 Å². The van der Waals surface area contributed by atoms with Gasteiger partial charge in [0.15, 0.2) is 0 Å². The van der Waals surface area contributed by atoms with Crippen LogP contribution in [-0.4, -0.2) is 31.4 Å². The molecule has 3 N–H and O–H groups in total. The van der Waals surface area contributed by atoms with Crippen molar-refractivity contribution < 1.29 is 9.53 Å². The molecule has 1 aromatic carbocycles. The van der Waals surface area contributed by atoms with Crippen molar-refractivity contribution in [2.75, 3.05) is 19.7 Å². The fourth-order valence-electron chi connectivity index (χ4n) is 1.43. The zero-order chi connectivity index (χ0) is 11.4. The Morgan fingerprint density at radius 2 is 2.44 bits per heavy atom. The van der Waals surface area contributed by atoms with E-state index in [-0.39, 0.29) is 0 Å². The molecule has 5 heteroatoms. The maximum atomic E-state index is 10.9. The number of rotatable bonds is 4. The van der Waals surface area contributed by atoms with Gasteiger partial charge in [-0.1, -0.05) is 6.07 Å². The minimum atomic E-state index is -0.457. The minimum Gasteiger partial charge on any atom is -0.486 e. The first kappa shape index (κ1) is 10.5. The highest BCUT2D eigenvalue weighted by atomic mass is 16.5. The highest BCUT2D eigenvalue weighted by molar-refractivity contribution is 5.93. The summed E-state index contributed by atoms with van der Waals surface area (Å²) in [6.45, 7) is 2.04. The van der Waals surface area contributed by atoms with E-state index in [0.717, 1.165) is 18.9 Å². The Bertz CT molecular complexity index is 429. The monoisotopic (exact) mass is 219 g/mol. The van der Waals surface area contributed by atoms with Gasteiger partial charge < -0.3 is 15.8 Å². The lowest BCUT2D eigenvalue weighted by Gasteiger charge is -2.07. The van der Waals surface area contributed by atoms with Crippen LogP contribution in [0, 0.1) is 0 Å². The van der Waals surface area contributed by atoms with Crippen molar-refractivity contribution in [2.45, 2.75) is 0 Å². The van der Waals surface area contributed by atoms with Gasteiger partial charge in [-0.3, -0.25) is 9.79 Å². The molecule has 0 aromatic heterocycles. The minimum absolute atomic E-state index is 0.391. The second-order valence-electron chi connectivity index (χ2n) is 3.44. The quantitative estimate of drug-likeness (QED) is 0.757. The van der Waals surface area contributed by atoms with Crippen molar-refractivity contribution in [3.8, 4) is 5.75 Å². The first-order valence-electron chi connectivity index (χ1n) is 5.05. The summed E-state index contributed by atoms with van der Waals surface area (Å²) in [6, 6.07) is 6.79. The van der Waals surface area contributed by atoms with Gasteiger partial charge in [-0.05, 0) is 18.2 Å². The summed E-state index contributed by atoms with van der Waals surface area (Å²) in [4.78, 5) is 15.1. The molecule has 0 unspecified atom stereocenters. The van der Waals surface area contributed by atoms with E-state index in [1.54, 1.807) is 24.3 Å². The van der Waals surface area contributed by atoms with Crippen LogP contribution < -0.4 is 15.8 Å². The van der Waals surface area contributed by atoms with E-state index in [4.69, 9.17) is 10.5 Å². The van der Waals surface area contributed by atoms with Crippen LogP contribution in [0.25, 0.3) is 0 Å². The smallest absolute Gasteiger partial charge is 0.248 e. The predicted molar refractivity (Wildman–Crippen MR) is 60.8 cm³/mol. The normalized spacial score (nSPS) is 14.1. The standard InChI is InChI=1S/C11H13N3O2/c12-11(15)8-2-1-3-9(6-8)16-7-10-13-4-5-14-10/h1-3,6H,4-5,7H2,(H2,12,15)(H,13,14). The van der Waals surface area contributed by atoms with Crippen molar-refractivity contribution in [2.24, 2.45) is 10.7 Å². The van der Waals surface area contributed by atoms with Gasteiger partial charge in [0.05, 0.1) is 6.54 Å². The van der Waals surface area contributed by atoms with Gasteiger partial charge in [0, 0.05) is 12.1 Å². The van der Waals surface area contributed by atoms with Gasteiger partial charge in [0.25, 0.3) is 0 Å². The van der Waals surface area contributed by atoms with Crippen LogP contribution >= 0.6 is 0 Å². The van der Waals surface area contributed by atoms with E-state index in [2.05, 4.69) is 10.3 Å². The van der Waals surface area contributed by atoms with E-state index in [1.807, 2.05) is 0 Å². The number of nitrogens with one attached hydrogen (secondary N) is 1. The van der Waals surface area contributed by atoms with Crippen LogP contribution in [0.2, 0.25) is 0 Å². The summed E-state index contributed by atoms with van der Waals surface area (Å²) >= 11 is 0. The first-order valence-corrected chi connectivity index (χ1v) is 5.05. The van der Waals surface area contributed by atoms with Gasteiger partial charge in [0.2, 0.25) is 5.91 Å². The second-order valence-corrected chi connectivity index (χ2v) is 3.44. The number of primary amides is 1. The number of hydrogen-bond donors (Lipinski definition) is 2. The summed E-state index contributed by atoms with van der Waals surface area (Å²) in [5.74, 6) is 0.999. The predicted octanol–water partition coefficient (Wildman–Crippen LogP) is 0.166. The molecule has 2 rings (SSSR count). The van der Waals surface area contributed by atoms with Crippen LogP contribution in [0.15, 0.2) is 29.3 Å². The lowest BCUT2D eigenvalue weighted by molar-refractivity contribution is 0.1000. The van der Waals surface area contributed by atoms with Crippen LogP contribution in [0.1, 0.15) is 10.4 Å². The third-order valence-electron chi connectivity index (χ3n) is 2.24. The maximum Gasteiger partial charge on any atom is 0.248 e. The number of ether oxygens (including phenoxy) is 1. The molecule has 0 spiro atoms. The molecule has 0 saturated heterocycles. The van der Waals surface area contributed by atoms with E-state index >= 15 is 0 Å². The number of aliphatic imine (C=N–C) groups is 1. The molecule has 1 aliphatic rings. The Morgan fingerprint density at radius 3 is 3.12 bits per heavy atom. The van der Waals surface area contributed by atoms with Crippen molar-refractivity contribution in [1.29, 1.82) is 0 Å². The number of carbonyl (C=O) groups is 1. The number of nitrogens with two attached hydrogens (primary N) is 1. The number of nitrogens with zero attached hydrogens (tertiary/aromatic N) is 1. The van der Waals surface area contributed by atoms with Gasteiger partial charge in [-0.2, -0.15) is 0 Å². The topological polar surface area (TPSA) is 76.7 Å². The maximum absolute atomic E-state index is 10.9. The number of amidine groups is 1. The number of benzene rings is 1. The molecule has 0 radical (unpaired) electrons. The highest BCUT2D eigenvalue weighted by Crippen LogP contribution is 2.12. The van der Waals surface area contributed by atoms with Crippen LogP contribution in [0.3, 0.4) is 0 Å². The largest absolute Gasteiger partial charge is 0.486 e. The molecule has 1 aromatic rings. The molecule has 0 bridgehead atoms. The molecule has 84 valence electrons. The van der Waals surface area contributed by atoms with E-state index in [1.165, 1.54) is 0 Å². The van der Waals surface area contributed by atoms with Crippen LogP contribution in [0.4, 0.5) is 0 Å². The molecule has 0 atom stereocenters. The molecule has 1 aliphatic heterocycles. The third kappa shape index (κ3) is 2.50. The number of hydrogen-bond acceptors (Lipinski definition) is 4. The molecule has 0 saturated carbocycles. The van der Waals surface area contributed by atoms with Crippen molar-refractivity contribution in [3.05, 3.63) is 29.8 Å². The average molecular weight is 219 g/mol. The second kappa shape index (κ2) is 4.65. The summed E-state index contributed by atoms with van der Waals surface area (Å²) < 4.78 is 5.48. The van der Waals surface area contributed by atoms with Gasteiger partial charge >= 0.3 is 0 Å². The zero-order valence-electron chi connectivity index (χ0n) is 8.77. The highest BCUT2D eigenvalue weighted by Gasteiger charge is 2.06. The zero-order valence-corrected chi connectivity index (χ0v) is 8.77. The lowest BCUT2D eigenvalue weighted by Crippen LogP contribution is -2.24. The summed E-state index contributed by atoms with van der Waals surface area (Å²) in [5.41, 5.74) is 5.61. The molecule has 0 fully saturated rings. The Kier molecular flexibility index (Phi) is 3.05. The van der Waals surface area contributed by atoms with E-state index in [0.29, 0.717) is 17.9 Å². The molecule has 5 nitrogen and oxygen atoms in total. The Hall–Kier alpha value is -2.04. The molecular weight excluding hydrogens is 206 g/mol. The van der Waals surface area contributed by atoms with Crippen molar-refractivity contribution in [1.82, 2.24) is 5.32 Å². The Labute approximate surface area is 93.3 Å². The first-order chi connectivity index (χ1) is 7.75. The molecule has 1 heterocycles. The van der Waals surface area contributed by atoms with Gasteiger partial charge in [-0.25, -0.2) is 0 Å². The Balaban J connectivity index is 1.98. The van der Waals surface area contributed by atoms with Crippen LogP contribution in [-0.2, 0) is 0 Å². The van der Waals surface area contributed by atoms with Gasteiger partial charge in [-0.15, -0.1) is 0 Å². The van der Waals surface area contributed by atoms with E-state index in [9.17, 15) is 4.79 Å². The van der Waals surface area contributed by atoms with Gasteiger partial charge in [0.1, 0.15) is 18.2 Å². The summed E-state index contributed by atoms with van der Waals surface area (Å²) in [6.07, 6.45) is 0. The fourth-order valence-corrected chi connectivity index (χ4v) is 1.43. The molecular formula is C11H13N3O2. The fraction of sp³-hybridized carbons (Fsp3) is 0.273. The lowest BCUT2D eigenvalue weighted by atomic mass is 10.2. The number of carbonyl (C=O) groups excluding carboxylic acids is 1. The van der Waals surface area contributed by atoms with Crippen molar-refractivity contribution >= 4 is 11.7 Å². The number of amides is 1. The average Bonchev–Trinajstić information content (AvgIpc) is 2.79.